The van der Waals surface area contributed by atoms with Crippen LogP contribution in [0.1, 0.15) is 37.7 Å². The van der Waals surface area contributed by atoms with Crippen LogP contribution in [-0.4, -0.2) is 31.9 Å². The van der Waals surface area contributed by atoms with Crippen molar-refractivity contribution < 1.29 is 5.11 Å². The Morgan fingerprint density at radius 1 is 1.30 bits per heavy atom. The lowest BCUT2D eigenvalue weighted by Gasteiger charge is -2.19. The molecule has 1 unspecified atom stereocenters. The summed E-state index contributed by atoms with van der Waals surface area (Å²) in [5, 5.41) is 13.5. The zero-order chi connectivity index (χ0) is 14.5. The van der Waals surface area contributed by atoms with E-state index in [9.17, 15) is 5.11 Å². The molecule has 1 aromatic rings. The highest BCUT2D eigenvalue weighted by atomic mass is 16.3. The van der Waals surface area contributed by atoms with Gasteiger partial charge < -0.3 is 15.3 Å². The van der Waals surface area contributed by atoms with Crippen LogP contribution in [0.5, 0.6) is 0 Å². The molecule has 1 aliphatic rings. The molecule has 1 aromatic carbocycles. The summed E-state index contributed by atoms with van der Waals surface area (Å²) in [6, 6.07) is 6.36. The minimum Gasteiger partial charge on any atom is -0.391 e. The van der Waals surface area contributed by atoms with Crippen molar-refractivity contribution in [3.05, 3.63) is 23.8 Å². The maximum atomic E-state index is 10.1. The second kappa shape index (κ2) is 6.98. The molecule has 1 atom stereocenters. The minimum atomic E-state index is -0.234. The summed E-state index contributed by atoms with van der Waals surface area (Å²) in [5.41, 5.74) is 3.58. The molecule has 112 valence electrons. The first kappa shape index (κ1) is 15.2. The third-order valence-electron chi connectivity index (χ3n) is 4.31. The Bertz CT molecular complexity index is 425. The van der Waals surface area contributed by atoms with Gasteiger partial charge in [0.15, 0.2) is 0 Å². The number of nitrogens with one attached hydrogen (secondary N) is 1. The lowest BCUT2D eigenvalue weighted by atomic mass is 10.00. The normalized spacial score (nSPS) is 17.2. The molecule has 0 radical (unpaired) electrons. The second-order valence-corrected chi connectivity index (χ2v) is 6.32. The summed E-state index contributed by atoms with van der Waals surface area (Å²) in [6.45, 7) is 2.76. The number of aryl methyl sites for hydroxylation is 1. The van der Waals surface area contributed by atoms with E-state index in [4.69, 9.17) is 0 Å². The first-order valence-corrected chi connectivity index (χ1v) is 7.76. The van der Waals surface area contributed by atoms with E-state index in [1.807, 2.05) is 0 Å². The fourth-order valence-electron chi connectivity index (χ4n) is 3.15. The van der Waals surface area contributed by atoms with E-state index in [1.54, 1.807) is 0 Å². The molecule has 0 bridgehead atoms. The number of aliphatic hydroxyl groups is 1. The minimum absolute atomic E-state index is 0.234. The van der Waals surface area contributed by atoms with Crippen molar-refractivity contribution in [1.82, 2.24) is 0 Å². The fourth-order valence-corrected chi connectivity index (χ4v) is 3.15. The van der Waals surface area contributed by atoms with Crippen molar-refractivity contribution in [3.63, 3.8) is 0 Å². The number of aliphatic hydroxyl groups excluding tert-OH is 1. The Balaban J connectivity index is 1.85. The van der Waals surface area contributed by atoms with Gasteiger partial charge >= 0.3 is 0 Å². The Morgan fingerprint density at radius 3 is 2.65 bits per heavy atom. The number of hydrogen-bond donors (Lipinski definition) is 2. The Morgan fingerprint density at radius 2 is 2.00 bits per heavy atom. The summed E-state index contributed by atoms with van der Waals surface area (Å²) in [6.07, 6.45) is 5.99. The van der Waals surface area contributed by atoms with E-state index in [-0.39, 0.29) is 6.10 Å². The molecule has 1 saturated carbocycles. The molecule has 1 aliphatic carbocycles. The Hall–Kier alpha value is -1.22. The van der Waals surface area contributed by atoms with Crippen LogP contribution in [0.3, 0.4) is 0 Å². The molecule has 0 heterocycles. The third kappa shape index (κ3) is 4.14. The van der Waals surface area contributed by atoms with Gasteiger partial charge in [-0.1, -0.05) is 31.7 Å². The highest BCUT2D eigenvalue weighted by Gasteiger charge is 2.18. The fraction of sp³-hybridized carbons (Fsp3) is 0.647. The van der Waals surface area contributed by atoms with Crippen LogP contribution < -0.4 is 10.2 Å². The third-order valence-corrected chi connectivity index (χ3v) is 4.31. The monoisotopic (exact) mass is 276 g/mol. The van der Waals surface area contributed by atoms with E-state index in [1.165, 1.54) is 36.9 Å². The van der Waals surface area contributed by atoms with E-state index in [0.29, 0.717) is 6.54 Å². The van der Waals surface area contributed by atoms with Crippen LogP contribution in [-0.2, 0) is 0 Å². The largest absolute Gasteiger partial charge is 0.391 e. The SMILES string of the molecule is Cc1ccc(NCC(O)CC2CCCC2)cc1N(C)C. The average Bonchev–Trinajstić information content (AvgIpc) is 2.90. The zero-order valence-corrected chi connectivity index (χ0v) is 13.0. The van der Waals surface area contributed by atoms with Gasteiger partial charge in [0.25, 0.3) is 0 Å². The number of anilines is 2. The van der Waals surface area contributed by atoms with Crippen molar-refractivity contribution >= 4 is 11.4 Å². The molecule has 0 aromatic heterocycles. The summed E-state index contributed by atoms with van der Waals surface area (Å²) >= 11 is 0. The van der Waals surface area contributed by atoms with Crippen molar-refractivity contribution in [1.29, 1.82) is 0 Å². The smallest absolute Gasteiger partial charge is 0.0715 e. The topological polar surface area (TPSA) is 35.5 Å². The van der Waals surface area contributed by atoms with Gasteiger partial charge in [-0.3, -0.25) is 0 Å². The van der Waals surface area contributed by atoms with Gasteiger partial charge in [0.2, 0.25) is 0 Å². The maximum Gasteiger partial charge on any atom is 0.0715 e. The van der Waals surface area contributed by atoms with E-state index < -0.39 is 0 Å². The quantitative estimate of drug-likeness (QED) is 0.836. The molecule has 3 nitrogen and oxygen atoms in total. The number of benzene rings is 1. The zero-order valence-electron chi connectivity index (χ0n) is 13.0. The average molecular weight is 276 g/mol. The van der Waals surface area contributed by atoms with Gasteiger partial charge in [-0.25, -0.2) is 0 Å². The summed E-state index contributed by atoms with van der Waals surface area (Å²) in [5.74, 6) is 0.738. The molecule has 2 N–H and O–H groups in total. The summed E-state index contributed by atoms with van der Waals surface area (Å²) in [7, 11) is 4.11. The number of nitrogens with zero attached hydrogens (tertiary/aromatic N) is 1. The number of hydrogen-bond acceptors (Lipinski definition) is 3. The first-order valence-electron chi connectivity index (χ1n) is 7.76. The van der Waals surface area contributed by atoms with Crippen LogP contribution in [0.2, 0.25) is 0 Å². The van der Waals surface area contributed by atoms with Gasteiger partial charge in [0.05, 0.1) is 6.10 Å². The highest BCUT2D eigenvalue weighted by molar-refractivity contribution is 5.61. The van der Waals surface area contributed by atoms with Gasteiger partial charge in [-0.2, -0.15) is 0 Å². The van der Waals surface area contributed by atoms with E-state index in [0.717, 1.165) is 18.0 Å². The van der Waals surface area contributed by atoms with Crippen LogP contribution >= 0.6 is 0 Å². The predicted octanol–water partition coefficient (Wildman–Crippen LogP) is 3.41. The lowest BCUT2D eigenvalue weighted by molar-refractivity contribution is 0.155. The standard InChI is InChI=1S/C17H28N2O/c1-13-8-9-15(11-17(13)19(2)3)18-12-16(20)10-14-6-4-5-7-14/h8-9,11,14,16,18,20H,4-7,10,12H2,1-3H3. The summed E-state index contributed by atoms with van der Waals surface area (Å²) < 4.78 is 0. The molecule has 1 fully saturated rings. The van der Waals surface area contributed by atoms with Crippen molar-refractivity contribution in [3.8, 4) is 0 Å². The molecule has 2 rings (SSSR count). The van der Waals surface area contributed by atoms with Gasteiger partial charge in [0, 0.05) is 32.0 Å². The van der Waals surface area contributed by atoms with Crippen LogP contribution in [0.25, 0.3) is 0 Å². The molecule has 0 aliphatic heterocycles. The van der Waals surface area contributed by atoms with Crippen LogP contribution in [0.4, 0.5) is 11.4 Å². The first-order chi connectivity index (χ1) is 9.56. The molecule has 0 amide bonds. The van der Waals surface area contributed by atoms with Crippen molar-refractivity contribution in [2.75, 3.05) is 30.9 Å². The Kier molecular flexibility index (Phi) is 5.30. The summed E-state index contributed by atoms with van der Waals surface area (Å²) in [4.78, 5) is 2.12. The van der Waals surface area contributed by atoms with Gasteiger partial charge in [-0.05, 0) is 37.0 Å². The predicted molar refractivity (Wildman–Crippen MR) is 86.6 cm³/mol. The lowest BCUT2D eigenvalue weighted by Crippen LogP contribution is -2.22. The van der Waals surface area contributed by atoms with Crippen molar-refractivity contribution in [2.45, 2.75) is 45.1 Å². The van der Waals surface area contributed by atoms with Gasteiger partial charge in [-0.15, -0.1) is 0 Å². The molecule has 0 spiro atoms. The highest BCUT2D eigenvalue weighted by Crippen LogP contribution is 2.29. The maximum absolute atomic E-state index is 10.1. The van der Waals surface area contributed by atoms with Crippen molar-refractivity contribution in [2.24, 2.45) is 5.92 Å². The van der Waals surface area contributed by atoms with E-state index in [2.05, 4.69) is 49.4 Å². The molecular formula is C17H28N2O. The Labute approximate surface area is 123 Å². The second-order valence-electron chi connectivity index (χ2n) is 6.32. The van der Waals surface area contributed by atoms with Crippen LogP contribution in [0, 0.1) is 12.8 Å². The van der Waals surface area contributed by atoms with E-state index >= 15 is 0 Å². The number of rotatable bonds is 6. The molecular weight excluding hydrogens is 248 g/mol. The van der Waals surface area contributed by atoms with Gasteiger partial charge in [0.1, 0.15) is 0 Å². The molecule has 3 heteroatoms. The molecule has 0 saturated heterocycles. The van der Waals surface area contributed by atoms with Crippen LogP contribution in [0.15, 0.2) is 18.2 Å². The molecule has 20 heavy (non-hydrogen) atoms.